The number of hydrogen-bond donors (Lipinski definition) is 0. The number of carbonyl (C=O) groups excluding carboxylic acids is 3. The molecule has 0 saturated heterocycles. The van der Waals surface area contributed by atoms with E-state index in [9.17, 15) is 14.4 Å². The number of rotatable bonds is 16. The summed E-state index contributed by atoms with van der Waals surface area (Å²) >= 11 is 0. The van der Waals surface area contributed by atoms with Crippen molar-refractivity contribution >= 4 is 17.9 Å². The van der Waals surface area contributed by atoms with Gasteiger partial charge in [-0.2, -0.15) is 0 Å². The molecule has 2 rings (SSSR count). The first-order chi connectivity index (χ1) is 13.2. The minimum absolute atomic E-state index is 0.0412. The molecule has 0 heterocycles. The number of ketones is 2. The molecule has 2 aliphatic rings. The maximum atomic E-state index is 11.8. The molecule has 0 bridgehead atoms. The van der Waals surface area contributed by atoms with Crippen LogP contribution in [0.5, 0.6) is 0 Å². The van der Waals surface area contributed by atoms with Gasteiger partial charge in [0.1, 0.15) is 17.9 Å². The molecule has 0 N–H and O–H groups in total. The van der Waals surface area contributed by atoms with Crippen LogP contribution >= 0.6 is 0 Å². The van der Waals surface area contributed by atoms with E-state index in [1.54, 1.807) is 0 Å². The Hall–Kier alpha value is -0.990. The summed E-state index contributed by atoms with van der Waals surface area (Å²) in [5.41, 5.74) is 0.114. The fourth-order valence-corrected chi connectivity index (χ4v) is 4.44. The number of aldehydes is 1. The first-order valence-electron chi connectivity index (χ1n) is 11.7. The van der Waals surface area contributed by atoms with Crippen LogP contribution in [0.15, 0.2) is 0 Å². The predicted octanol–water partition coefficient (Wildman–Crippen LogP) is 6.37. The fourth-order valence-electron chi connectivity index (χ4n) is 4.44. The van der Waals surface area contributed by atoms with Gasteiger partial charge >= 0.3 is 0 Å². The van der Waals surface area contributed by atoms with Crippen molar-refractivity contribution in [3.8, 4) is 0 Å². The summed E-state index contributed by atoms with van der Waals surface area (Å²) in [5, 5.41) is 0. The van der Waals surface area contributed by atoms with Crippen LogP contribution in [0.3, 0.4) is 0 Å². The van der Waals surface area contributed by atoms with Gasteiger partial charge in [0.2, 0.25) is 0 Å². The van der Waals surface area contributed by atoms with Gasteiger partial charge in [0.15, 0.2) is 0 Å². The summed E-state index contributed by atoms with van der Waals surface area (Å²) in [5.74, 6) is 0.650. The van der Waals surface area contributed by atoms with Gasteiger partial charge in [0.05, 0.1) is 0 Å². The smallest absolute Gasteiger partial charge is 0.136 e. The van der Waals surface area contributed by atoms with E-state index in [2.05, 4.69) is 0 Å². The second-order valence-corrected chi connectivity index (χ2v) is 9.17. The molecule has 1 unspecified atom stereocenters. The lowest BCUT2D eigenvalue weighted by Crippen LogP contribution is -2.24. The Bertz CT molecular complexity index is 464. The van der Waals surface area contributed by atoms with Crippen molar-refractivity contribution in [2.75, 3.05) is 0 Å². The first-order valence-corrected chi connectivity index (χ1v) is 11.7. The van der Waals surface area contributed by atoms with Gasteiger partial charge in [0, 0.05) is 30.6 Å². The minimum atomic E-state index is 0.0412. The molecule has 0 aromatic rings. The largest absolute Gasteiger partial charge is 0.303 e. The Labute approximate surface area is 166 Å². The molecule has 154 valence electrons. The summed E-state index contributed by atoms with van der Waals surface area (Å²) in [6.07, 6.45) is 22.5. The van der Waals surface area contributed by atoms with Gasteiger partial charge in [0.25, 0.3) is 0 Å². The van der Waals surface area contributed by atoms with Crippen LogP contribution in [0.1, 0.15) is 122 Å². The highest BCUT2D eigenvalue weighted by atomic mass is 16.1. The van der Waals surface area contributed by atoms with Crippen LogP contribution in [-0.2, 0) is 14.4 Å². The molecule has 2 aliphatic carbocycles. The molecule has 0 amide bonds. The average molecular weight is 377 g/mol. The van der Waals surface area contributed by atoms with E-state index in [0.29, 0.717) is 25.0 Å². The van der Waals surface area contributed by atoms with Crippen molar-refractivity contribution in [3.63, 3.8) is 0 Å². The van der Waals surface area contributed by atoms with Gasteiger partial charge < -0.3 is 4.79 Å². The van der Waals surface area contributed by atoms with E-state index in [1.807, 2.05) is 0 Å². The molecule has 27 heavy (non-hydrogen) atoms. The Morgan fingerprint density at radius 1 is 0.741 bits per heavy atom. The topological polar surface area (TPSA) is 51.2 Å². The van der Waals surface area contributed by atoms with Crippen molar-refractivity contribution in [2.45, 2.75) is 122 Å². The van der Waals surface area contributed by atoms with Crippen LogP contribution in [0.4, 0.5) is 0 Å². The highest BCUT2D eigenvalue weighted by Gasteiger charge is 2.41. The fraction of sp³-hybridized carbons (Fsp3) is 0.875. The maximum Gasteiger partial charge on any atom is 0.136 e. The average Bonchev–Trinajstić information content (AvgIpc) is 3.45. The van der Waals surface area contributed by atoms with Gasteiger partial charge in [-0.1, -0.05) is 77.0 Å². The van der Waals surface area contributed by atoms with E-state index in [-0.39, 0.29) is 17.1 Å². The number of unbranched alkanes of at least 4 members (excludes halogenated alkanes) is 11. The Balaban J connectivity index is 1.29. The molecule has 3 heteroatoms. The van der Waals surface area contributed by atoms with Crippen LogP contribution in [-0.4, -0.2) is 17.9 Å². The van der Waals surface area contributed by atoms with Crippen LogP contribution in [0, 0.1) is 11.3 Å². The lowest BCUT2D eigenvalue weighted by molar-refractivity contribution is -0.133. The van der Waals surface area contributed by atoms with Crippen molar-refractivity contribution in [3.05, 3.63) is 0 Å². The third kappa shape index (κ3) is 9.17. The van der Waals surface area contributed by atoms with Gasteiger partial charge in [-0.15, -0.1) is 0 Å². The molecule has 0 spiro atoms. The molecule has 3 nitrogen and oxygen atoms in total. The molecular weight excluding hydrogens is 336 g/mol. The van der Waals surface area contributed by atoms with Gasteiger partial charge in [-0.25, -0.2) is 0 Å². The molecule has 2 saturated carbocycles. The minimum Gasteiger partial charge on any atom is -0.303 e. The van der Waals surface area contributed by atoms with Crippen molar-refractivity contribution in [1.82, 2.24) is 0 Å². The molecule has 0 radical (unpaired) electrons. The summed E-state index contributed by atoms with van der Waals surface area (Å²) in [4.78, 5) is 34.1. The zero-order valence-corrected chi connectivity index (χ0v) is 17.3. The van der Waals surface area contributed by atoms with Crippen LogP contribution in [0.25, 0.3) is 0 Å². The zero-order valence-electron chi connectivity index (χ0n) is 17.3. The normalized spacial score (nSPS) is 21.4. The zero-order chi connectivity index (χ0) is 19.4. The van der Waals surface area contributed by atoms with E-state index in [4.69, 9.17) is 0 Å². The van der Waals surface area contributed by atoms with Crippen LogP contribution < -0.4 is 0 Å². The second-order valence-electron chi connectivity index (χ2n) is 9.17. The summed E-state index contributed by atoms with van der Waals surface area (Å²) in [6.45, 7) is 0. The maximum absolute atomic E-state index is 11.8. The number of carbonyl (C=O) groups is 3. The van der Waals surface area contributed by atoms with Crippen molar-refractivity contribution in [2.24, 2.45) is 11.3 Å². The third-order valence-electron chi connectivity index (χ3n) is 6.70. The van der Waals surface area contributed by atoms with Crippen molar-refractivity contribution in [1.29, 1.82) is 0 Å². The van der Waals surface area contributed by atoms with E-state index < -0.39 is 0 Å². The lowest BCUT2D eigenvalue weighted by Gasteiger charge is -2.19. The second kappa shape index (κ2) is 12.5. The van der Waals surface area contributed by atoms with Gasteiger partial charge in [-0.3, -0.25) is 9.59 Å². The Morgan fingerprint density at radius 2 is 1.26 bits per heavy atom. The molecule has 0 aromatic carbocycles. The Morgan fingerprint density at radius 3 is 1.78 bits per heavy atom. The number of hydrogen-bond acceptors (Lipinski definition) is 3. The van der Waals surface area contributed by atoms with E-state index in [1.165, 1.54) is 76.9 Å². The quantitative estimate of drug-likeness (QED) is 0.232. The highest BCUT2D eigenvalue weighted by Crippen LogP contribution is 2.47. The molecule has 0 aliphatic heterocycles. The highest BCUT2D eigenvalue weighted by molar-refractivity contribution is 5.94. The SMILES string of the molecule is O=CC1(CCCCCCCCCCCCCCC2CC(=O)CCC2=O)CC1. The molecular formula is C24H40O3. The monoisotopic (exact) mass is 376 g/mol. The first kappa shape index (κ1) is 22.3. The Kier molecular flexibility index (Phi) is 10.3. The van der Waals surface area contributed by atoms with Crippen LogP contribution in [0.2, 0.25) is 0 Å². The standard InChI is InChI=1S/C24H40O3/c25-20-24(17-18-24)16-12-10-8-6-4-2-1-3-5-7-9-11-13-21-19-22(26)14-15-23(21)27/h20-21H,1-19H2. The summed E-state index contributed by atoms with van der Waals surface area (Å²) in [7, 11) is 0. The molecule has 2 fully saturated rings. The van der Waals surface area contributed by atoms with E-state index in [0.717, 1.165) is 32.1 Å². The molecule has 1 atom stereocenters. The van der Waals surface area contributed by atoms with Gasteiger partial charge in [-0.05, 0) is 25.7 Å². The van der Waals surface area contributed by atoms with E-state index >= 15 is 0 Å². The summed E-state index contributed by atoms with van der Waals surface area (Å²) < 4.78 is 0. The van der Waals surface area contributed by atoms with Crippen molar-refractivity contribution < 1.29 is 14.4 Å². The predicted molar refractivity (Wildman–Crippen MR) is 110 cm³/mol. The third-order valence-corrected chi connectivity index (χ3v) is 6.70. The molecule has 0 aromatic heterocycles. The number of Topliss-reactive ketones (excluding diaryl/α,β-unsaturated/α-hetero) is 2. The lowest BCUT2D eigenvalue weighted by atomic mass is 9.83. The summed E-state index contributed by atoms with van der Waals surface area (Å²) in [6, 6.07) is 0.